The van der Waals surface area contributed by atoms with Crippen molar-refractivity contribution in [3.8, 4) is 0 Å². The molecule has 9 heteroatoms. The minimum Gasteiger partial charge on any atom is -0.459 e. The molecule has 1 aliphatic rings. The van der Waals surface area contributed by atoms with Crippen LogP contribution in [0.1, 0.15) is 25.5 Å². The van der Waals surface area contributed by atoms with Gasteiger partial charge in [0, 0.05) is 18.7 Å². The van der Waals surface area contributed by atoms with Crippen molar-refractivity contribution in [2.75, 3.05) is 16.4 Å². The monoisotopic (exact) mass is 408 g/mol. The number of rotatable bonds is 6. The van der Waals surface area contributed by atoms with Gasteiger partial charge in [0.1, 0.15) is 6.61 Å². The summed E-state index contributed by atoms with van der Waals surface area (Å²) in [5.41, 5.74) is 1.26. The van der Waals surface area contributed by atoms with Crippen molar-refractivity contribution >= 4 is 43.9 Å². The molecule has 0 radical (unpaired) electrons. The maximum absolute atomic E-state index is 12.0. The number of anilines is 2. The van der Waals surface area contributed by atoms with E-state index in [1.807, 2.05) is 30.3 Å². The van der Waals surface area contributed by atoms with Crippen molar-refractivity contribution in [2.24, 2.45) is 5.92 Å². The summed E-state index contributed by atoms with van der Waals surface area (Å²) < 4.78 is 28.1. The molecule has 1 saturated heterocycles. The van der Waals surface area contributed by atoms with E-state index < -0.39 is 15.8 Å². The van der Waals surface area contributed by atoms with Crippen LogP contribution in [0.2, 0.25) is 0 Å². The fourth-order valence-electron chi connectivity index (χ4n) is 2.95. The molecule has 2 heterocycles. The Balaban J connectivity index is 1.59. The first kappa shape index (κ1) is 19.5. The summed E-state index contributed by atoms with van der Waals surface area (Å²) >= 11 is 1.29. The SMILES string of the molecule is CC(=O)N(c1ccccc1)c1nc(COC(=O)C[C@@H]2CCS(=O)(=O)C2)cs1. The number of aromatic nitrogens is 1. The van der Waals surface area contributed by atoms with Gasteiger partial charge in [0.25, 0.3) is 0 Å². The van der Waals surface area contributed by atoms with Crippen molar-refractivity contribution in [1.29, 1.82) is 0 Å². The standard InChI is InChI=1S/C18H20N2O5S2/c1-13(21)20(16-5-3-2-4-6-16)18-19-15(11-26-18)10-25-17(22)9-14-7-8-27(23,24)12-14/h2-6,11,14H,7-10,12H2,1H3/t14-/m0/s1. The second kappa shape index (κ2) is 8.18. The quantitative estimate of drug-likeness (QED) is 0.682. The van der Waals surface area contributed by atoms with Crippen molar-refractivity contribution < 1.29 is 22.7 Å². The van der Waals surface area contributed by atoms with Gasteiger partial charge in [-0.3, -0.25) is 14.5 Å². The maximum atomic E-state index is 12.0. The van der Waals surface area contributed by atoms with E-state index in [1.165, 1.54) is 23.2 Å². The Labute approximate surface area is 161 Å². The molecule has 0 spiro atoms. The van der Waals surface area contributed by atoms with E-state index in [1.54, 1.807) is 5.38 Å². The highest BCUT2D eigenvalue weighted by Crippen LogP contribution is 2.29. The third-order valence-electron chi connectivity index (χ3n) is 4.22. The number of benzene rings is 1. The van der Waals surface area contributed by atoms with E-state index in [-0.39, 0.29) is 36.4 Å². The third kappa shape index (κ3) is 5.14. The lowest BCUT2D eigenvalue weighted by Gasteiger charge is -2.17. The summed E-state index contributed by atoms with van der Waals surface area (Å²) in [7, 11) is -3.00. The molecule has 7 nitrogen and oxygen atoms in total. The predicted molar refractivity (Wildman–Crippen MR) is 103 cm³/mol. The van der Waals surface area contributed by atoms with E-state index in [0.717, 1.165) is 0 Å². The number of ether oxygens (including phenoxy) is 1. The molecule has 0 N–H and O–H groups in total. The predicted octanol–water partition coefficient (Wildman–Crippen LogP) is 2.70. The first-order valence-corrected chi connectivity index (χ1v) is 11.2. The van der Waals surface area contributed by atoms with Gasteiger partial charge < -0.3 is 4.74 Å². The molecule has 1 aromatic heterocycles. The number of thiazole rings is 1. The lowest BCUT2D eigenvalue weighted by Crippen LogP contribution is -2.22. The normalized spacial score (nSPS) is 18.2. The van der Waals surface area contributed by atoms with Gasteiger partial charge in [-0.1, -0.05) is 18.2 Å². The van der Waals surface area contributed by atoms with E-state index in [4.69, 9.17) is 4.74 Å². The molecule has 1 amide bonds. The summed E-state index contributed by atoms with van der Waals surface area (Å²) in [6.45, 7) is 1.46. The smallest absolute Gasteiger partial charge is 0.306 e. The number of carbonyl (C=O) groups excluding carboxylic acids is 2. The lowest BCUT2D eigenvalue weighted by atomic mass is 10.1. The molecule has 3 rings (SSSR count). The zero-order chi connectivity index (χ0) is 19.4. The van der Waals surface area contributed by atoms with Gasteiger partial charge in [-0.2, -0.15) is 0 Å². The Bertz CT molecular complexity index is 924. The Morgan fingerprint density at radius 3 is 2.67 bits per heavy atom. The highest BCUT2D eigenvalue weighted by atomic mass is 32.2. The molecule has 2 aromatic rings. The van der Waals surface area contributed by atoms with Gasteiger partial charge >= 0.3 is 5.97 Å². The minimum atomic E-state index is -3.00. The topological polar surface area (TPSA) is 93.6 Å². The second-order valence-electron chi connectivity index (χ2n) is 6.45. The van der Waals surface area contributed by atoms with E-state index in [9.17, 15) is 18.0 Å². The number of hydrogen-bond acceptors (Lipinski definition) is 7. The number of sulfone groups is 1. The van der Waals surface area contributed by atoms with Crippen LogP contribution < -0.4 is 4.90 Å². The first-order chi connectivity index (χ1) is 12.8. The first-order valence-electron chi connectivity index (χ1n) is 8.50. The van der Waals surface area contributed by atoms with Crippen LogP contribution >= 0.6 is 11.3 Å². The molecule has 0 unspecified atom stereocenters. The molecule has 0 bridgehead atoms. The Kier molecular flexibility index (Phi) is 5.91. The molecule has 27 heavy (non-hydrogen) atoms. The fraction of sp³-hybridized carbons (Fsp3) is 0.389. The van der Waals surface area contributed by atoms with Crippen molar-refractivity contribution in [3.63, 3.8) is 0 Å². The van der Waals surface area contributed by atoms with Crippen molar-refractivity contribution in [2.45, 2.75) is 26.4 Å². The molecular formula is C18H20N2O5S2. The number of hydrogen-bond donors (Lipinski definition) is 0. The van der Waals surface area contributed by atoms with Gasteiger partial charge in [-0.05, 0) is 24.5 Å². The Morgan fingerprint density at radius 1 is 1.30 bits per heavy atom. The van der Waals surface area contributed by atoms with E-state index in [2.05, 4.69) is 4.98 Å². The number of carbonyl (C=O) groups is 2. The van der Waals surface area contributed by atoms with Crippen LogP contribution in [0.5, 0.6) is 0 Å². The third-order valence-corrected chi connectivity index (χ3v) is 6.93. The van der Waals surface area contributed by atoms with Crippen LogP contribution in [-0.2, 0) is 30.8 Å². The fourth-order valence-corrected chi connectivity index (χ4v) is 5.68. The number of esters is 1. The maximum Gasteiger partial charge on any atom is 0.306 e. The number of amides is 1. The van der Waals surface area contributed by atoms with Gasteiger partial charge in [-0.25, -0.2) is 13.4 Å². The van der Waals surface area contributed by atoms with Crippen LogP contribution in [-0.4, -0.2) is 36.8 Å². The van der Waals surface area contributed by atoms with Crippen molar-refractivity contribution in [1.82, 2.24) is 4.98 Å². The highest BCUT2D eigenvalue weighted by molar-refractivity contribution is 7.91. The second-order valence-corrected chi connectivity index (χ2v) is 9.51. The summed E-state index contributed by atoms with van der Waals surface area (Å²) in [4.78, 5) is 29.9. The van der Waals surface area contributed by atoms with E-state index in [0.29, 0.717) is 22.9 Å². The van der Waals surface area contributed by atoms with Gasteiger partial charge in [0.05, 0.1) is 22.9 Å². The Hall–Kier alpha value is -2.26. The molecule has 1 atom stereocenters. The van der Waals surface area contributed by atoms with Crippen LogP contribution in [0.3, 0.4) is 0 Å². The number of para-hydroxylation sites is 1. The van der Waals surface area contributed by atoms with Gasteiger partial charge in [0.15, 0.2) is 15.0 Å². The molecule has 144 valence electrons. The zero-order valence-electron chi connectivity index (χ0n) is 14.8. The molecule has 0 saturated carbocycles. The van der Waals surface area contributed by atoms with Crippen molar-refractivity contribution in [3.05, 3.63) is 41.4 Å². The van der Waals surface area contributed by atoms with Crippen LogP contribution in [0, 0.1) is 5.92 Å². The molecule has 1 aliphatic heterocycles. The average Bonchev–Trinajstić information content (AvgIpc) is 3.20. The molecule has 0 aliphatic carbocycles. The lowest BCUT2D eigenvalue weighted by molar-refractivity contribution is -0.146. The largest absolute Gasteiger partial charge is 0.459 e. The van der Waals surface area contributed by atoms with E-state index >= 15 is 0 Å². The zero-order valence-corrected chi connectivity index (χ0v) is 16.5. The van der Waals surface area contributed by atoms with Crippen LogP contribution in [0.15, 0.2) is 35.7 Å². The van der Waals surface area contributed by atoms with Gasteiger partial charge in [0.2, 0.25) is 5.91 Å². The van der Waals surface area contributed by atoms with Gasteiger partial charge in [-0.15, -0.1) is 11.3 Å². The molecule has 1 fully saturated rings. The average molecular weight is 409 g/mol. The summed E-state index contributed by atoms with van der Waals surface area (Å²) in [6, 6.07) is 9.18. The summed E-state index contributed by atoms with van der Waals surface area (Å²) in [6.07, 6.45) is 0.600. The van der Waals surface area contributed by atoms with Crippen LogP contribution in [0.25, 0.3) is 0 Å². The summed E-state index contributed by atoms with van der Waals surface area (Å²) in [5, 5.41) is 2.24. The summed E-state index contributed by atoms with van der Waals surface area (Å²) in [5.74, 6) is -0.576. The highest BCUT2D eigenvalue weighted by Gasteiger charge is 2.30. The molecule has 1 aromatic carbocycles. The number of nitrogens with zero attached hydrogens (tertiary/aromatic N) is 2. The van der Waals surface area contributed by atoms with Crippen LogP contribution in [0.4, 0.5) is 10.8 Å². The molecular weight excluding hydrogens is 388 g/mol. The Morgan fingerprint density at radius 2 is 2.04 bits per heavy atom. The minimum absolute atomic E-state index is 0.00463.